The van der Waals surface area contributed by atoms with E-state index in [1.165, 1.54) is 0 Å². The molecule has 1 amide bonds. The molecule has 0 radical (unpaired) electrons. The topological polar surface area (TPSA) is 81.0 Å². The fourth-order valence-corrected chi connectivity index (χ4v) is 5.75. The molecule has 2 aromatic heterocycles. The molecule has 2 N–H and O–H groups in total. The molecular weight excluding hydrogens is 426 g/mol. The minimum absolute atomic E-state index is 0.00199. The number of imidazole rings is 1. The molecule has 188 valence electrons. The second-order valence-electron chi connectivity index (χ2n) is 12.5. The van der Waals surface area contributed by atoms with Gasteiger partial charge in [-0.3, -0.25) is 13.9 Å². The van der Waals surface area contributed by atoms with Gasteiger partial charge < -0.3 is 10.6 Å². The van der Waals surface area contributed by atoms with Crippen molar-refractivity contribution in [1.82, 2.24) is 24.8 Å². The van der Waals surface area contributed by atoms with Gasteiger partial charge in [0.25, 0.3) is 0 Å². The van der Waals surface area contributed by atoms with E-state index < -0.39 is 0 Å². The molecule has 0 spiro atoms. The highest BCUT2D eigenvalue weighted by atomic mass is 16.2. The minimum Gasteiger partial charge on any atom is -0.356 e. The lowest BCUT2D eigenvalue weighted by Crippen LogP contribution is -2.43. The van der Waals surface area contributed by atoms with Crippen LogP contribution in [0, 0.1) is 22.7 Å². The molecule has 0 aromatic carbocycles. The van der Waals surface area contributed by atoms with Crippen LogP contribution in [0.3, 0.4) is 0 Å². The first kappa shape index (κ1) is 25.0. The molecule has 3 heterocycles. The van der Waals surface area contributed by atoms with E-state index in [4.69, 9.17) is 4.98 Å². The molecule has 7 nitrogen and oxygen atoms in total. The van der Waals surface area contributed by atoms with Crippen molar-refractivity contribution in [3.8, 4) is 0 Å². The van der Waals surface area contributed by atoms with Crippen LogP contribution in [0.5, 0.6) is 0 Å². The molecule has 2 aromatic rings. The lowest BCUT2D eigenvalue weighted by molar-refractivity contribution is -0.126. The summed E-state index contributed by atoms with van der Waals surface area (Å²) >= 11 is 0. The average molecular weight is 470 g/mol. The van der Waals surface area contributed by atoms with E-state index in [-0.39, 0.29) is 28.3 Å². The van der Waals surface area contributed by atoms with E-state index in [1.54, 1.807) is 4.57 Å². The van der Waals surface area contributed by atoms with Gasteiger partial charge in [0.1, 0.15) is 0 Å². The Morgan fingerprint density at radius 2 is 1.91 bits per heavy atom. The maximum atomic E-state index is 12.9. The number of aryl methyl sites for hydroxylation is 1. The normalized spacial score (nSPS) is 23.8. The first-order valence-electron chi connectivity index (χ1n) is 13.0. The van der Waals surface area contributed by atoms with Gasteiger partial charge in [-0.1, -0.05) is 34.6 Å². The molecular formula is C27H43N5O2. The van der Waals surface area contributed by atoms with Gasteiger partial charge in [-0.15, -0.1) is 0 Å². The van der Waals surface area contributed by atoms with Crippen molar-refractivity contribution < 1.29 is 4.79 Å². The maximum absolute atomic E-state index is 12.9. The standard InChI is InChI=1S/C27H43N5O2/c1-26(2,3)17-32-22-8-7-21(30-23(22)31(6)25(32)34)19-9-12-27(4,5)20(15-19)16-29-24(33)18-10-13-28-14-11-18/h7-8,18-20,28H,9-17H2,1-6H3,(H,29,33). The van der Waals surface area contributed by atoms with E-state index in [0.717, 1.165) is 68.6 Å². The molecule has 2 atom stereocenters. The van der Waals surface area contributed by atoms with Gasteiger partial charge in [0.2, 0.25) is 5.91 Å². The van der Waals surface area contributed by atoms with E-state index >= 15 is 0 Å². The summed E-state index contributed by atoms with van der Waals surface area (Å²) in [5, 5.41) is 6.62. The number of fused-ring (bicyclic) bond motifs is 1. The lowest BCUT2D eigenvalue weighted by Gasteiger charge is -2.42. The molecule has 7 heteroatoms. The first-order chi connectivity index (χ1) is 16.0. The zero-order valence-electron chi connectivity index (χ0n) is 21.9. The molecule has 4 rings (SSSR count). The third-order valence-corrected chi connectivity index (χ3v) is 8.10. The number of nitrogens with one attached hydrogen (secondary N) is 2. The summed E-state index contributed by atoms with van der Waals surface area (Å²) in [7, 11) is 1.82. The third kappa shape index (κ3) is 5.24. The molecule has 1 saturated carbocycles. The fraction of sp³-hybridized carbons (Fsp3) is 0.741. The number of nitrogens with zero attached hydrogens (tertiary/aromatic N) is 3. The van der Waals surface area contributed by atoms with Gasteiger partial charge in [0.15, 0.2) is 5.65 Å². The van der Waals surface area contributed by atoms with E-state index in [9.17, 15) is 9.59 Å². The SMILES string of the molecule is Cn1c(=O)n(CC(C)(C)C)c2ccc(C3CCC(C)(C)C(CNC(=O)C4CCNCC4)C3)nc21. The van der Waals surface area contributed by atoms with E-state index in [0.29, 0.717) is 18.4 Å². The molecule has 2 fully saturated rings. The summed E-state index contributed by atoms with van der Waals surface area (Å²) < 4.78 is 3.54. The quantitative estimate of drug-likeness (QED) is 0.698. The van der Waals surface area contributed by atoms with Gasteiger partial charge in [0.05, 0.1) is 5.52 Å². The Bertz CT molecular complexity index is 1080. The Hall–Kier alpha value is -2.15. The van der Waals surface area contributed by atoms with Gasteiger partial charge in [0, 0.05) is 37.7 Å². The molecule has 0 bridgehead atoms. The number of amides is 1. The van der Waals surface area contributed by atoms with Gasteiger partial charge in [-0.2, -0.15) is 0 Å². The molecule has 34 heavy (non-hydrogen) atoms. The second kappa shape index (κ2) is 9.48. The number of carbonyl (C=O) groups excluding carboxylic acids is 1. The number of hydrogen-bond acceptors (Lipinski definition) is 4. The Morgan fingerprint density at radius 3 is 2.59 bits per heavy atom. The van der Waals surface area contributed by atoms with Crippen LogP contribution in [0.1, 0.15) is 78.3 Å². The summed E-state index contributed by atoms with van der Waals surface area (Å²) in [6, 6.07) is 4.20. The summed E-state index contributed by atoms with van der Waals surface area (Å²) in [4.78, 5) is 30.7. The molecule has 1 aliphatic heterocycles. The van der Waals surface area contributed by atoms with Crippen LogP contribution in [0.25, 0.3) is 11.2 Å². The number of rotatable bonds is 5. The number of piperidine rings is 1. The lowest BCUT2D eigenvalue weighted by atomic mass is 9.64. The largest absolute Gasteiger partial charge is 0.356 e. The number of aromatic nitrogens is 3. The fourth-order valence-electron chi connectivity index (χ4n) is 5.75. The predicted octanol–water partition coefficient (Wildman–Crippen LogP) is 3.81. The Morgan fingerprint density at radius 1 is 1.21 bits per heavy atom. The van der Waals surface area contributed by atoms with Crippen LogP contribution < -0.4 is 16.3 Å². The third-order valence-electron chi connectivity index (χ3n) is 8.10. The van der Waals surface area contributed by atoms with Gasteiger partial charge in [-0.25, -0.2) is 9.78 Å². The van der Waals surface area contributed by atoms with Crippen LogP contribution in [-0.4, -0.2) is 39.7 Å². The smallest absolute Gasteiger partial charge is 0.330 e. The van der Waals surface area contributed by atoms with Crippen LogP contribution in [0.15, 0.2) is 16.9 Å². The van der Waals surface area contributed by atoms with Crippen molar-refractivity contribution in [3.05, 3.63) is 28.3 Å². The summed E-state index contributed by atoms with van der Waals surface area (Å²) in [5.74, 6) is 1.11. The zero-order valence-corrected chi connectivity index (χ0v) is 21.9. The average Bonchev–Trinajstić information content (AvgIpc) is 3.01. The summed E-state index contributed by atoms with van der Waals surface area (Å²) in [6.45, 7) is 14.4. The van der Waals surface area contributed by atoms with Crippen LogP contribution in [0.4, 0.5) is 0 Å². The number of carbonyl (C=O) groups is 1. The van der Waals surface area contributed by atoms with Crippen molar-refractivity contribution in [3.63, 3.8) is 0 Å². The molecule has 2 aliphatic rings. The van der Waals surface area contributed by atoms with Crippen molar-refractivity contribution in [2.75, 3.05) is 19.6 Å². The van der Waals surface area contributed by atoms with Crippen molar-refractivity contribution in [2.45, 2.75) is 79.2 Å². The van der Waals surface area contributed by atoms with Crippen LogP contribution in [0.2, 0.25) is 0 Å². The minimum atomic E-state index is -0.00199. The maximum Gasteiger partial charge on any atom is 0.330 e. The Balaban J connectivity index is 1.51. The Kier molecular flexibility index (Phi) is 6.96. The Labute approximate surface area is 203 Å². The highest BCUT2D eigenvalue weighted by Gasteiger charge is 2.38. The van der Waals surface area contributed by atoms with Crippen LogP contribution in [-0.2, 0) is 18.4 Å². The number of pyridine rings is 1. The van der Waals surface area contributed by atoms with Crippen molar-refractivity contribution in [2.24, 2.45) is 29.7 Å². The zero-order chi connectivity index (χ0) is 24.7. The predicted molar refractivity (Wildman–Crippen MR) is 137 cm³/mol. The molecule has 1 aliphatic carbocycles. The highest BCUT2D eigenvalue weighted by Crippen LogP contribution is 2.46. The van der Waals surface area contributed by atoms with Gasteiger partial charge in [-0.05, 0) is 74.1 Å². The molecule has 2 unspecified atom stereocenters. The first-order valence-corrected chi connectivity index (χ1v) is 13.0. The molecule has 1 saturated heterocycles. The van der Waals surface area contributed by atoms with Crippen molar-refractivity contribution in [1.29, 1.82) is 0 Å². The van der Waals surface area contributed by atoms with Crippen molar-refractivity contribution >= 4 is 17.1 Å². The second-order valence-corrected chi connectivity index (χ2v) is 12.5. The summed E-state index contributed by atoms with van der Waals surface area (Å²) in [6.07, 6.45) is 5.06. The van der Waals surface area contributed by atoms with E-state index in [2.05, 4.69) is 57.4 Å². The summed E-state index contributed by atoms with van der Waals surface area (Å²) in [5.41, 5.74) is 2.95. The number of hydrogen-bond donors (Lipinski definition) is 2. The highest BCUT2D eigenvalue weighted by molar-refractivity contribution is 5.78. The monoisotopic (exact) mass is 469 g/mol. The van der Waals surface area contributed by atoms with Crippen LogP contribution >= 0.6 is 0 Å². The van der Waals surface area contributed by atoms with E-state index in [1.807, 2.05) is 11.6 Å². The van der Waals surface area contributed by atoms with Gasteiger partial charge >= 0.3 is 5.69 Å².